The molecule has 1 aromatic carbocycles. The van der Waals surface area contributed by atoms with Crippen molar-refractivity contribution in [1.29, 1.82) is 0 Å². The predicted molar refractivity (Wildman–Crippen MR) is 87.8 cm³/mol. The second-order valence-electron chi connectivity index (χ2n) is 5.02. The maximum absolute atomic E-state index is 5.59. The minimum atomic E-state index is 0.683. The second kappa shape index (κ2) is 6.54. The van der Waals surface area contributed by atoms with Crippen LogP contribution < -0.4 is 16.2 Å². The largest absolute Gasteiger partial charge is 0.326 e. The number of hydrogen-bond acceptors (Lipinski definition) is 5. The van der Waals surface area contributed by atoms with Crippen LogP contribution in [-0.2, 0) is 6.42 Å². The summed E-state index contributed by atoms with van der Waals surface area (Å²) < 4.78 is 0. The zero-order chi connectivity index (χ0) is 15.4. The van der Waals surface area contributed by atoms with Gasteiger partial charge in [-0.05, 0) is 38.5 Å². The lowest BCUT2D eigenvalue weighted by Gasteiger charge is -2.25. The van der Waals surface area contributed by atoms with E-state index < -0.39 is 0 Å². The van der Waals surface area contributed by atoms with Gasteiger partial charge in [-0.2, -0.15) is 0 Å². The maximum atomic E-state index is 5.59. The number of nitrogen functional groups attached to an aromatic ring is 1. The molecule has 2 aromatic rings. The molecule has 5 heteroatoms. The molecule has 3 N–H and O–H groups in total. The Kier molecular flexibility index (Phi) is 4.75. The topological polar surface area (TPSA) is 67.1 Å². The van der Waals surface area contributed by atoms with Gasteiger partial charge >= 0.3 is 0 Å². The van der Waals surface area contributed by atoms with Crippen LogP contribution in [-0.4, -0.2) is 16.5 Å². The van der Waals surface area contributed by atoms with Gasteiger partial charge in [-0.25, -0.2) is 15.8 Å². The molecule has 2 rings (SSSR count). The fourth-order valence-electron chi connectivity index (χ4n) is 2.36. The Morgan fingerprint density at radius 2 is 1.95 bits per heavy atom. The van der Waals surface area contributed by atoms with E-state index in [0.717, 1.165) is 35.9 Å². The maximum Gasteiger partial charge on any atom is 0.148 e. The Labute approximate surface area is 126 Å². The molecule has 0 aliphatic carbocycles. The lowest BCUT2D eigenvalue weighted by Crippen LogP contribution is -2.22. The van der Waals surface area contributed by atoms with Crippen molar-refractivity contribution < 1.29 is 0 Å². The Hall–Kier alpha value is -2.14. The van der Waals surface area contributed by atoms with Gasteiger partial charge in [0.15, 0.2) is 0 Å². The van der Waals surface area contributed by atoms with Gasteiger partial charge in [0.2, 0.25) is 0 Å². The van der Waals surface area contributed by atoms with Crippen LogP contribution in [0, 0.1) is 13.8 Å². The van der Waals surface area contributed by atoms with Crippen LogP contribution in [0.25, 0.3) is 0 Å². The molecule has 0 unspecified atom stereocenters. The summed E-state index contributed by atoms with van der Waals surface area (Å²) in [4.78, 5) is 11.3. The highest BCUT2D eigenvalue weighted by molar-refractivity contribution is 5.67. The van der Waals surface area contributed by atoms with Crippen molar-refractivity contribution in [2.24, 2.45) is 5.84 Å². The summed E-state index contributed by atoms with van der Waals surface area (Å²) >= 11 is 0. The molecule has 112 valence electrons. The third-order valence-corrected chi connectivity index (χ3v) is 3.50. The van der Waals surface area contributed by atoms with Gasteiger partial charge in [-0.1, -0.05) is 19.1 Å². The first-order chi connectivity index (χ1) is 10.1. The molecular weight excluding hydrogens is 262 g/mol. The van der Waals surface area contributed by atoms with Crippen LogP contribution in [0.4, 0.5) is 17.3 Å². The third-order valence-electron chi connectivity index (χ3n) is 3.50. The summed E-state index contributed by atoms with van der Waals surface area (Å²) in [5.74, 6) is 7.96. The number of anilines is 3. The molecule has 0 radical (unpaired) electrons. The molecule has 5 nitrogen and oxygen atoms in total. The number of hydrogen-bond donors (Lipinski definition) is 2. The summed E-state index contributed by atoms with van der Waals surface area (Å²) in [6.45, 7) is 9.06. The normalized spacial score (nSPS) is 10.5. The van der Waals surface area contributed by atoms with Gasteiger partial charge in [0.1, 0.15) is 17.5 Å². The molecule has 21 heavy (non-hydrogen) atoms. The van der Waals surface area contributed by atoms with Crippen molar-refractivity contribution in [3.63, 3.8) is 0 Å². The summed E-state index contributed by atoms with van der Waals surface area (Å²) in [6.07, 6.45) is 0.771. The summed E-state index contributed by atoms with van der Waals surface area (Å²) in [5.41, 5.74) is 5.99. The Morgan fingerprint density at radius 3 is 2.52 bits per heavy atom. The van der Waals surface area contributed by atoms with E-state index in [1.54, 1.807) is 0 Å². The minimum absolute atomic E-state index is 0.683. The average Bonchev–Trinajstić information content (AvgIpc) is 2.49. The smallest absolute Gasteiger partial charge is 0.148 e. The van der Waals surface area contributed by atoms with Crippen molar-refractivity contribution in [3.8, 4) is 0 Å². The van der Waals surface area contributed by atoms with Gasteiger partial charge < -0.3 is 10.3 Å². The Balaban J connectivity index is 2.56. The summed E-state index contributed by atoms with van der Waals surface area (Å²) in [7, 11) is 0. The highest BCUT2D eigenvalue weighted by Gasteiger charge is 2.16. The number of nitrogens with one attached hydrogen (secondary N) is 1. The Morgan fingerprint density at radius 1 is 1.19 bits per heavy atom. The van der Waals surface area contributed by atoms with Gasteiger partial charge in [-0.3, -0.25) is 0 Å². The molecule has 0 aliphatic rings. The number of benzene rings is 1. The van der Waals surface area contributed by atoms with Crippen molar-refractivity contribution in [3.05, 3.63) is 41.2 Å². The van der Waals surface area contributed by atoms with Crippen molar-refractivity contribution in [2.45, 2.75) is 34.1 Å². The molecule has 0 aliphatic heterocycles. The van der Waals surface area contributed by atoms with Gasteiger partial charge in [0.25, 0.3) is 0 Å². The fourth-order valence-corrected chi connectivity index (χ4v) is 2.36. The van der Waals surface area contributed by atoms with E-state index >= 15 is 0 Å². The van der Waals surface area contributed by atoms with Crippen molar-refractivity contribution in [1.82, 2.24) is 9.97 Å². The first-order valence-electron chi connectivity index (χ1n) is 7.29. The number of hydrazine groups is 1. The van der Waals surface area contributed by atoms with Crippen LogP contribution >= 0.6 is 0 Å². The van der Waals surface area contributed by atoms with Crippen molar-refractivity contribution in [2.75, 3.05) is 16.9 Å². The van der Waals surface area contributed by atoms with E-state index in [2.05, 4.69) is 53.4 Å². The van der Waals surface area contributed by atoms with Crippen LogP contribution in [0.5, 0.6) is 0 Å². The monoisotopic (exact) mass is 285 g/mol. The lowest BCUT2D eigenvalue weighted by atomic mass is 10.2. The SMILES string of the molecule is CCc1nc(NN)c(C)c(N(CC)c2cccc(C)c2)n1. The van der Waals surface area contributed by atoms with Crippen LogP contribution in [0.1, 0.15) is 30.8 Å². The molecule has 1 heterocycles. The number of aromatic nitrogens is 2. The lowest BCUT2D eigenvalue weighted by molar-refractivity contribution is 0.891. The van der Waals surface area contributed by atoms with E-state index in [4.69, 9.17) is 10.8 Å². The van der Waals surface area contributed by atoms with E-state index in [-0.39, 0.29) is 0 Å². The summed E-state index contributed by atoms with van der Waals surface area (Å²) in [5, 5.41) is 0. The quantitative estimate of drug-likeness (QED) is 0.652. The molecule has 0 saturated carbocycles. The standard InChI is InChI=1S/C16H23N5/c1-5-14-18-15(20-17)12(4)16(19-14)21(6-2)13-9-7-8-11(3)10-13/h7-10H,5-6,17H2,1-4H3,(H,18,19,20). The number of nitrogens with two attached hydrogens (primary N) is 1. The molecule has 0 fully saturated rings. The fraction of sp³-hybridized carbons (Fsp3) is 0.375. The second-order valence-corrected chi connectivity index (χ2v) is 5.02. The van der Waals surface area contributed by atoms with E-state index in [0.29, 0.717) is 5.82 Å². The molecule has 0 bridgehead atoms. The van der Waals surface area contributed by atoms with E-state index in [1.807, 2.05) is 13.8 Å². The molecule has 0 spiro atoms. The molecule has 0 saturated heterocycles. The Bertz CT molecular complexity index is 624. The number of nitrogens with zero attached hydrogens (tertiary/aromatic N) is 3. The van der Waals surface area contributed by atoms with E-state index in [1.165, 1.54) is 5.56 Å². The van der Waals surface area contributed by atoms with Crippen LogP contribution in [0.15, 0.2) is 24.3 Å². The predicted octanol–water partition coefficient (Wildman–Crippen LogP) is 3.10. The molecule has 0 atom stereocenters. The summed E-state index contributed by atoms with van der Waals surface area (Å²) in [6, 6.07) is 8.41. The zero-order valence-electron chi connectivity index (χ0n) is 13.1. The molecule has 0 amide bonds. The van der Waals surface area contributed by atoms with Gasteiger partial charge in [0, 0.05) is 24.2 Å². The zero-order valence-corrected chi connectivity index (χ0v) is 13.1. The third kappa shape index (κ3) is 3.13. The van der Waals surface area contributed by atoms with Gasteiger partial charge in [0.05, 0.1) is 0 Å². The number of aryl methyl sites for hydroxylation is 2. The van der Waals surface area contributed by atoms with Crippen molar-refractivity contribution >= 4 is 17.3 Å². The molecular formula is C16H23N5. The number of rotatable bonds is 5. The first-order valence-corrected chi connectivity index (χ1v) is 7.29. The van der Waals surface area contributed by atoms with E-state index in [9.17, 15) is 0 Å². The first kappa shape index (κ1) is 15.3. The highest BCUT2D eigenvalue weighted by atomic mass is 15.3. The van der Waals surface area contributed by atoms with Crippen LogP contribution in [0.2, 0.25) is 0 Å². The minimum Gasteiger partial charge on any atom is -0.326 e. The highest BCUT2D eigenvalue weighted by Crippen LogP contribution is 2.29. The van der Waals surface area contributed by atoms with Crippen LogP contribution in [0.3, 0.4) is 0 Å². The average molecular weight is 285 g/mol. The van der Waals surface area contributed by atoms with Gasteiger partial charge in [-0.15, -0.1) is 0 Å². The molecule has 1 aromatic heterocycles.